The zero-order chi connectivity index (χ0) is 21.5. The first-order valence-electron chi connectivity index (χ1n) is 9.59. The van der Waals surface area contributed by atoms with E-state index in [2.05, 4.69) is 16.4 Å². The number of para-hydroxylation sites is 1. The Balaban J connectivity index is 1.47. The van der Waals surface area contributed by atoms with Crippen LogP contribution in [0.25, 0.3) is 10.9 Å². The van der Waals surface area contributed by atoms with Gasteiger partial charge in [0.15, 0.2) is 0 Å². The minimum Gasteiger partial charge on any atom is -0.361 e. The molecule has 0 radical (unpaired) electrons. The Morgan fingerprint density at radius 3 is 2.70 bits per heavy atom. The summed E-state index contributed by atoms with van der Waals surface area (Å²) in [6.07, 6.45) is -2.31. The first-order valence-corrected chi connectivity index (χ1v) is 9.59. The number of aromatic amines is 1. The Labute approximate surface area is 170 Å². The van der Waals surface area contributed by atoms with E-state index >= 15 is 0 Å². The van der Waals surface area contributed by atoms with Gasteiger partial charge >= 0.3 is 6.18 Å². The van der Waals surface area contributed by atoms with Crippen molar-refractivity contribution in [3.63, 3.8) is 0 Å². The van der Waals surface area contributed by atoms with Crippen molar-refractivity contribution in [1.82, 2.24) is 10.3 Å². The van der Waals surface area contributed by atoms with E-state index in [0.717, 1.165) is 34.2 Å². The van der Waals surface area contributed by atoms with Crippen LogP contribution < -0.4 is 10.2 Å². The van der Waals surface area contributed by atoms with Gasteiger partial charge in [-0.2, -0.15) is 13.2 Å². The van der Waals surface area contributed by atoms with E-state index in [4.69, 9.17) is 0 Å². The number of carbonyl (C=O) groups excluding carboxylic acids is 2. The largest absolute Gasteiger partial charge is 0.418 e. The lowest BCUT2D eigenvalue weighted by Gasteiger charge is -2.20. The second kappa shape index (κ2) is 7.60. The lowest BCUT2D eigenvalue weighted by molar-refractivity contribution is -0.137. The summed E-state index contributed by atoms with van der Waals surface area (Å²) >= 11 is 0. The fourth-order valence-corrected chi connectivity index (χ4v) is 3.83. The van der Waals surface area contributed by atoms with Crippen LogP contribution in [0.15, 0.2) is 48.7 Å². The van der Waals surface area contributed by atoms with E-state index in [-0.39, 0.29) is 6.42 Å². The standard InChI is InChI=1S/C22H20F3N3O2/c1-13-6-7-17-15(10-13)14(12-27-17)8-9-26-18-11-20(29)28(21(18)30)19-5-3-2-4-16(19)22(23,24)25/h2-7,10,12,18,26-27H,8-9,11H2,1H3/t18-/m0/s1. The fourth-order valence-electron chi connectivity index (χ4n) is 3.83. The van der Waals surface area contributed by atoms with Crippen molar-refractivity contribution in [3.8, 4) is 0 Å². The number of alkyl halides is 3. The van der Waals surface area contributed by atoms with Gasteiger partial charge in [0.1, 0.15) is 0 Å². The number of halogens is 3. The Bertz CT molecular complexity index is 1120. The van der Waals surface area contributed by atoms with Crippen LogP contribution in [0.2, 0.25) is 0 Å². The number of imide groups is 1. The van der Waals surface area contributed by atoms with Gasteiger partial charge in [0.05, 0.1) is 23.7 Å². The van der Waals surface area contributed by atoms with Crippen LogP contribution in [-0.4, -0.2) is 29.4 Å². The minimum absolute atomic E-state index is 0.169. The van der Waals surface area contributed by atoms with Crippen molar-refractivity contribution in [2.45, 2.75) is 32.0 Å². The van der Waals surface area contributed by atoms with Crippen molar-refractivity contribution < 1.29 is 22.8 Å². The third-order valence-electron chi connectivity index (χ3n) is 5.30. The van der Waals surface area contributed by atoms with Gasteiger partial charge in [-0.05, 0) is 43.2 Å². The predicted molar refractivity (Wildman–Crippen MR) is 107 cm³/mol. The van der Waals surface area contributed by atoms with Crippen LogP contribution in [0.1, 0.15) is 23.1 Å². The third-order valence-corrected chi connectivity index (χ3v) is 5.30. The molecule has 156 valence electrons. The number of hydrogen-bond donors (Lipinski definition) is 2. The van der Waals surface area contributed by atoms with Crippen LogP contribution in [0.4, 0.5) is 18.9 Å². The van der Waals surface area contributed by atoms with E-state index in [0.29, 0.717) is 17.9 Å². The van der Waals surface area contributed by atoms with E-state index in [9.17, 15) is 22.8 Å². The molecule has 1 aromatic heterocycles. The molecule has 0 unspecified atom stereocenters. The number of benzene rings is 2. The molecule has 2 amide bonds. The number of hydrogen-bond acceptors (Lipinski definition) is 3. The molecule has 0 spiro atoms. The summed E-state index contributed by atoms with van der Waals surface area (Å²) < 4.78 is 39.9. The van der Waals surface area contributed by atoms with Crippen LogP contribution in [-0.2, 0) is 22.2 Å². The molecule has 1 fully saturated rings. The number of amides is 2. The first-order chi connectivity index (χ1) is 14.3. The Morgan fingerprint density at radius 1 is 1.17 bits per heavy atom. The average molecular weight is 415 g/mol. The maximum atomic E-state index is 13.3. The van der Waals surface area contributed by atoms with Crippen molar-refractivity contribution in [1.29, 1.82) is 0 Å². The van der Waals surface area contributed by atoms with E-state index in [1.54, 1.807) is 0 Å². The summed E-state index contributed by atoms with van der Waals surface area (Å²) in [5, 5.41) is 4.12. The molecule has 4 rings (SSSR count). The molecule has 0 aliphatic carbocycles. The molecule has 2 N–H and O–H groups in total. The number of aromatic nitrogens is 1. The maximum absolute atomic E-state index is 13.3. The smallest absolute Gasteiger partial charge is 0.361 e. The summed E-state index contributed by atoms with van der Waals surface area (Å²) in [5.41, 5.74) is 1.79. The van der Waals surface area contributed by atoms with Gasteiger partial charge in [-0.3, -0.25) is 9.59 Å². The summed E-state index contributed by atoms with van der Waals surface area (Å²) in [6.45, 7) is 2.42. The molecule has 30 heavy (non-hydrogen) atoms. The predicted octanol–water partition coefficient (Wildman–Crippen LogP) is 3.96. The van der Waals surface area contributed by atoms with Crippen LogP contribution >= 0.6 is 0 Å². The maximum Gasteiger partial charge on any atom is 0.418 e. The highest BCUT2D eigenvalue weighted by atomic mass is 19.4. The Kier molecular flexibility index (Phi) is 5.11. The highest BCUT2D eigenvalue weighted by Gasteiger charge is 2.43. The molecule has 1 aliphatic heterocycles. The van der Waals surface area contributed by atoms with E-state index in [1.807, 2.05) is 25.3 Å². The van der Waals surface area contributed by atoms with Crippen molar-refractivity contribution >= 4 is 28.4 Å². The molecule has 8 heteroatoms. The molecular weight excluding hydrogens is 395 g/mol. The second-order valence-electron chi connectivity index (χ2n) is 7.41. The summed E-state index contributed by atoms with van der Waals surface area (Å²) in [4.78, 5) is 28.9. The van der Waals surface area contributed by atoms with E-state index in [1.165, 1.54) is 12.1 Å². The van der Waals surface area contributed by atoms with E-state index < -0.39 is 35.3 Å². The van der Waals surface area contributed by atoms with Crippen LogP contribution in [0, 0.1) is 6.92 Å². The molecule has 3 aromatic rings. The monoisotopic (exact) mass is 415 g/mol. The fraction of sp³-hybridized carbons (Fsp3) is 0.273. The van der Waals surface area contributed by atoms with Gasteiger partial charge in [-0.15, -0.1) is 0 Å². The molecule has 2 aromatic carbocycles. The first kappa shape index (κ1) is 20.2. The average Bonchev–Trinajstić information content (AvgIpc) is 3.21. The number of carbonyl (C=O) groups is 2. The number of aryl methyl sites for hydroxylation is 1. The van der Waals surface area contributed by atoms with Crippen molar-refractivity contribution in [2.24, 2.45) is 0 Å². The number of H-pyrrole nitrogens is 1. The number of rotatable bonds is 5. The zero-order valence-electron chi connectivity index (χ0n) is 16.2. The van der Waals surface area contributed by atoms with Gasteiger partial charge in [0.25, 0.3) is 5.91 Å². The molecule has 5 nitrogen and oxygen atoms in total. The van der Waals surface area contributed by atoms with Gasteiger partial charge in [0.2, 0.25) is 5.91 Å². The Morgan fingerprint density at radius 2 is 1.93 bits per heavy atom. The summed E-state index contributed by atoms with van der Waals surface area (Å²) in [6, 6.07) is 9.87. The second-order valence-corrected chi connectivity index (χ2v) is 7.41. The highest BCUT2D eigenvalue weighted by Crippen LogP contribution is 2.38. The van der Waals surface area contributed by atoms with Gasteiger partial charge in [0, 0.05) is 23.6 Å². The SMILES string of the molecule is Cc1ccc2[nH]cc(CCN[C@H]3CC(=O)N(c4ccccc4C(F)(F)F)C3=O)c2c1. The summed E-state index contributed by atoms with van der Waals surface area (Å²) in [5.74, 6) is -1.30. The number of fused-ring (bicyclic) bond motifs is 1. The molecule has 1 atom stereocenters. The molecule has 1 saturated heterocycles. The van der Waals surface area contributed by atoms with Crippen molar-refractivity contribution in [2.75, 3.05) is 11.4 Å². The molecule has 2 heterocycles. The molecule has 0 saturated carbocycles. The lowest BCUT2D eigenvalue weighted by Crippen LogP contribution is -2.40. The van der Waals surface area contributed by atoms with Crippen LogP contribution in [0.3, 0.4) is 0 Å². The topological polar surface area (TPSA) is 65.2 Å². The van der Waals surface area contributed by atoms with Crippen LogP contribution in [0.5, 0.6) is 0 Å². The number of nitrogens with zero attached hydrogens (tertiary/aromatic N) is 1. The van der Waals surface area contributed by atoms with Gasteiger partial charge in [-0.25, -0.2) is 4.90 Å². The van der Waals surface area contributed by atoms with Gasteiger partial charge < -0.3 is 10.3 Å². The molecule has 0 bridgehead atoms. The number of nitrogens with one attached hydrogen (secondary N) is 2. The quantitative estimate of drug-likeness (QED) is 0.620. The minimum atomic E-state index is -4.66. The normalized spacial score (nSPS) is 17.3. The Hall–Kier alpha value is -3.13. The molecular formula is C22H20F3N3O2. The summed E-state index contributed by atoms with van der Waals surface area (Å²) in [7, 11) is 0. The zero-order valence-corrected chi connectivity index (χ0v) is 16.2. The number of anilines is 1. The lowest BCUT2D eigenvalue weighted by atomic mass is 10.1. The third kappa shape index (κ3) is 3.70. The molecule has 1 aliphatic rings. The van der Waals surface area contributed by atoms with Gasteiger partial charge in [-0.1, -0.05) is 23.8 Å². The highest BCUT2D eigenvalue weighted by molar-refractivity contribution is 6.22. The van der Waals surface area contributed by atoms with Crippen molar-refractivity contribution in [3.05, 3.63) is 65.4 Å².